The third kappa shape index (κ3) is 1.71. The molecule has 0 saturated carbocycles. The minimum Gasteiger partial charge on any atom is -0.390 e. The van der Waals surface area contributed by atoms with Gasteiger partial charge in [-0.1, -0.05) is 5.21 Å². The summed E-state index contributed by atoms with van der Waals surface area (Å²) in [4.78, 5) is 2.27. The zero-order valence-electron chi connectivity index (χ0n) is 7.72. The third-order valence-electron chi connectivity index (χ3n) is 2.46. The molecule has 2 rings (SSSR count). The van der Waals surface area contributed by atoms with Crippen LogP contribution in [0.5, 0.6) is 0 Å². The molecule has 0 spiro atoms. The number of hydrogen-bond donors (Lipinski definition) is 1. The summed E-state index contributed by atoms with van der Waals surface area (Å²) in [7, 11) is 2.10. The summed E-state index contributed by atoms with van der Waals surface area (Å²) in [6.07, 6.45) is 2.94. The van der Waals surface area contributed by atoms with Crippen molar-refractivity contribution in [1.29, 1.82) is 0 Å². The third-order valence-corrected chi connectivity index (χ3v) is 2.46. The zero-order valence-corrected chi connectivity index (χ0v) is 7.72. The molecular weight excluding hydrogens is 168 g/mol. The summed E-state index contributed by atoms with van der Waals surface area (Å²) in [6.45, 7) is 2.11. The van der Waals surface area contributed by atoms with Crippen LogP contribution in [-0.2, 0) is 6.61 Å². The fourth-order valence-corrected chi connectivity index (χ4v) is 1.69. The summed E-state index contributed by atoms with van der Waals surface area (Å²) in [5.74, 6) is 0. The Morgan fingerprint density at radius 2 is 2.54 bits per heavy atom. The Balaban J connectivity index is 2.08. The molecule has 0 aromatic carbocycles. The van der Waals surface area contributed by atoms with Crippen molar-refractivity contribution >= 4 is 0 Å². The van der Waals surface area contributed by atoms with Crippen molar-refractivity contribution in [2.75, 3.05) is 20.1 Å². The first-order chi connectivity index (χ1) is 6.29. The van der Waals surface area contributed by atoms with Crippen LogP contribution in [0.15, 0.2) is 6.20 Å². The minimum atomic E-state index is -0.0252. The second kappa shape index (κ2) is 3.43. The topological polar surface area (TPSA) is 54.2 Å². The summed E-state index contributed by atoms with van der Waals surface area (Å²) in [6, 6.07) is 0.429. The van der Waals surface area contributed by atoms with E-state index in [1.807, 2.05) is 10.9 Å². The van der Waals surface area contributed by atoms with E-state index < -0.39 is 0 Å². The number of aliphatic hydroxyl groups is 1. The van der Waals surface area contributed by atoms with E-state index in [4.69, 9.17) is 5.11 Å². The van der Waals surface area contributed by atoms with Crippen molar-refractivity contribution in [3.8, 4) is 0 Å². The van der Waals surface area contributed by atoms with Gasteiger partial charge in [-0.3, -0.25) is 0 Å². The number of hydrogen-bond acceptors (Lipinski definition) is 4. The number of rotatable bonds is 2. The highest BCUT2D eigenvalue weighted by Crippen LogP contribution is 2.18. The molecule has 13 heavy (non-hydrogen) atoms. The molecular formula is C8H14N4O. The van der Waals surface area contributed by atoms with Gasteiger partial charge in [0.2, 0.25) is 0 Å². The van der Waals surface area contributed by atoms with E-state index in [9.17, 15) is 0 Å². The molecule has 1 aliphatic heterocycles. The molecule has 2 heterocycles. The van der Waals surface area contributed by atoms with Gasteiger partial charge in [0.1, 0.15) is 5.69 Å². The van der Waals surface area contributed by atoms with Gasteiger partial charge in [0.15, 0.2) is 0 Å². The predicted octanol–water partition coefficient (Wildman–Crippen LogP) is -0.353. The van der Waals surface area contributed by atoms with Crippen LogP contribution < -0.4 is 0 Å². The molecule has 0 unspecified atom stereocenters. The number of aromatic nitrogens is 3. The van der Waals surface area contributed by atoms with Gasteiger partial charge in [-0.25, -0.2) is 4.68 Å². The molecule has 72 valence electrons. The SMILES string of the molecule is CN1CC[C@@H](n2cc(CO)nn2)C1. The number of likely N-dealkylation sites (tertiary alicyclic amines) is 1. The van der Waals surface area contributed by atoms with Crippen LogP contribution in [-0.4, -0.2) is 45.1 Å². The molecule has 1 atom stereocenters. The van der Waals surface area contributed by atoms with Crippen LogP contribution in [0.4, 0.5) is 0 Å². The van der Waals surface area contributed by atoms with E-state index in [1.165, 1.54) is 0 Å². The lowest BCUT2D eigenvalue weighted by Gasteiger charge is -2.09. The van der Waals surface area contributed by atoms with Gasteiger partial charge in [0.05, 0.1) is 18.8 Å². The Labute approximate surface area is 77.0 Å². The van der Waals surface area contributed by atoms with Crippen molar-refractivity contribution in [3.05, 3.63) is 11.9 Å². The summed E-state index contributed by atoms with van der Waals surface area (Å²) in [5.41, 5.74) is 0.648. The molecule has 0 amide bonds. The smallest absolute Gasteiger partial charge is 0.108 e. The van der Waals surface area contributed by atoms with Crippen molar-refractivity contribution in [2.24, 2.45) is 0 Å². The highest BCUT2D eigenvalue weighted by molar-refractivity contribution is 4.92. The van der Waals surface area contributed by atoms with Crippen molar-refractivity contribution in [3.63, 3.8) is 0 Å². The van der Waals surface area contributed by atoms with Gasteiger partial charge in [0.25, 0.3) is 0 Å². The van der Waals surface area contributed by atoms with E-state index in [1.54, 1.807) is 0 Å². The molecule has 1 fully saturated rings. The molecule has 5 heteroatoms. The van der Waals surface area contributed by atoms with Gasteiger partial charge in [-0.15, -0.1) is 5.10 Å². The molecule has 0 radical (unpaired) electrons. The normalized spacial score (nSPS) is 24.0. The first-order valence-corrected chi connectivity index (χ1v) is 4.49. The Bertz CT molecular complexity index is 285. The van der Waals surface area contributed by atoms with Crippen LogP contribution in [0.1, 0.15) is 18.2 Å². The molecule has 5 nitrogen and oxygen atoms in total. The van der Waals surface area contributed by atoms with Crippen LogP contribution in [0, 0.1) is 0 Å². The van der Waals surface area contributed by atoms with E-state index >= 15 is 0 Å². The number of aliphatic hydroxyl groups excluding tert-OH is 1. The maximum absolute atomic E-state index is 8.82. The van der Waals surface area contributed by atoms with Crippen LogP contribution in [0.3, 0.4) is 0 Å². The highest BCUT2D eigenvalue weighted by Gasteiger charge is 2.21. The average Bonchev–Trinajstić information content (AvgIpc) is 2.71. The Morgan fingerprint density at radius 1 is 1.69 bits per heavy atom. The quantitative estimate of drug-likeness (QED) is 0.679. The molecule has 1 aromatic rings. The van der Waals surface area contributed by atoms with Crippen LogP contribution in [0.25, 0.3) is 0 Å². The molecule has 0 bridgehead atoms. The highest BCUT2D eigenvalue weighted by atomic mass is 16.3. The maximum atomic E-state index is 8.82. The van der Waals surface area contributed by atoms with Crippen molar-refractivity contribution in [1.82, 2.24) is 19.9 Å². The summed E-state index contributed by atoms with van der Waals surface area (Å²) >= 11 is 0. The Hall–Kier alpha value is -0.940. The standard InChI is InChI=1S/C8H14N4O/c1-11-3-2-8(5-11)12-4-7(6-13)9-10-12/h4,8,13H,2-3,5-6H2,1H3/t8-/m1/s1. The van der Waals surface area contributed by atoms with Crippen molar-refractivity contribution in [2.45, 2.75) is 19.1 Å². The van der Waals surface area contributed by atoms with Gasteiger partial charge in [-0.2, -0.15) is 0 Å². The van der Waals surface area contributed by atoms with Gasteiger partial charge in [0, 0.05) is 6.54 Å². The summed E-state index contributed by atoms with van der Waals surface area (Å²) < 4.78 is 1.86. The number of likely N-dealkylation sites (N-methyl/N-ethyl adjacent to an activating group) is 1. The molecule has 0 aliphatic carbocycles. The summed E-state index contributed by atoms with van der Waals surface area (Å²) in [5, 5.41) is 16.7. The van der Waals surface area contributed by atoms with E-state index in [0.29, 0.717) is 11.7 Å². The van der Waals surface area contributed by atoms with Gasteiger partial charge < -0.3 is 10.0 Å². The van der Waals surface area contributed by atoms with E-state index in [2.05, 4.69) is 22.3 Å². The van der Waals surface area contributed by atoms with Gasteiger partial charge >= 0.3 is 0 Å². The average molecular weight is 182 g/mol. The first-order valence-electron chi connectivity index (χ1n) is 4.49. The first kappa shape index (κ1) is 8.65. The zero-order chi connectivity index (χ0) is 9.26. The Kier molecular flexibility index (Phi) is 2.28. The van der Waals surface area contributed by atoms with Crippen LogP contribution >= 0.6 is 0 Å². The minimum absolute atomic E-state index is 0.0252. The fraction of sp³-hybridized carbons (Fsp3) is 0.750. The largest absolute Gasteiger partial charge is 0.390 e. The second-order valence-electron chi connectivity index (χ2n) is 3.55. The lowest BCUT2D eigenvalue weighted by atomic mass is 10.3. The van der Waals surface area contributed by atoms with Gasteiger partial charge in [-0.05, 0) is 20.0 Å². The fourth-order valence-electron chi connectivity index (χ4n) is 1.69. The molecule has 1 aliphatic rings. The van der Waals surface area contributed by atoms with Crippen molar-refractivity contribution < 1.29 is 5.11 Å². The molecule has 1 aromatic heterocycles. The molecule has 1 saturated heterocycles. The predicted molar refractivity (Wildman–Crippen MR) is 47.1 cm³/mol. The molecule has 1 N–H and O–H groups in total. The maximum Gasteiger partial charge on any atom is 0.108 e. The lowest BCUT2D eigenvalue weighted by molar-refractivity contribution is 0.276. The van der Waals surface area contributed by atoms with E-state index in [-0.39, 0.29) is 6.61 Å². The monoisotopic (exact) mass is 182 g/mol. The Morgan fingerprint density at radius 3 is 3.08 bits per heavy atom. The van der Waals surface area contributed by atoms with E-state index in [0.717, 1.165) is 19.5 Å². The second-order valence-corrected chi connectivity index (χ2v) is 3.55. The number of nitrogens with zero attached hydrogens (tertiary/aromatic N) is 4. The van der Waals surface area contributed by atoms with Crippen LogP contribution in [0.2, 0.25) is 0 Å². The lowest BCUT2D eigenvalue weighted by Crippen LogP contribution is -2.16.